The van der Waals surface area contributed by atoms with E-state index in [9.17, 15) is 0 Å². The number of likely N-dealkylation sites (tertiary alicyclic amines) is 1. The van der Waals surface area contributed by atoms with Gasteiger partial charge in [-0.25, -0.2) is 4.98 Å². The molecular weight excluding hydrogens is 362 g/mol. The lowest BCUT2D eigenvalue weighted by atomic mass is 9.93. The SMILES string of the molecule is CN=C(NCC(C)Oc1cccc(Cl)c1)N1CCC(C)C(n2ccnc2)C1. The van der Waals surface area contributed by atoms with E-state index in [1.807, 2.05) is 57.0 Å². The van der Waals surface area contributed by atoms with E-state index in [1.165, 1.54) is 0 Å². The second-order valence-corrected chi connectivity index (χ2v) is 7.54. The van der Waals surface area contributed by atoms with Crippen molar-refractivity contribution in [2.45, 2.75) is 32.4 Å². The van der Waals surface area contributed by atoms with Crippen LogP contribution in [0.1, 0.15) is 26.3 Å². The fraction of sp³-hybridized carbons (Fsp3) is 0.500. The lowest BCUT2D eigenvalue weighted by Gasteiger charge is -2.39. The minimum Gasteiger partial charge on any atom is -0.489 e. The molecule has 1 fully saturated rings. The van der Waals surface area contributed by atoms with E-state index in [1.54, 1.807) is 0 Å². The zero-order valence-corrected chi connectivity index (χ0v) is 16.9. The molecule has 27 heavy (non-hydrogen) atoms. The average Bonchev–Trinajstić information content (AvgIpc) is 3.18. The van der Waals surface area contributed by atoms with Gasteiger partial charge >= 0.3 is 0 Å². The Bertz CT molecular complexity index is 749. The first-order chi connectivity index (χ1) is 13.1. The highest BCUT2D eigenvalue weighted by molar-refractivity contribution is 6.30. The van der Waals surface area contributed by atoms with Crippen molar-refractivity contribution in [3.8, 4) is 5.75 Å². The minimum absolute atomic E-state index is 0.00613. The number of benzene rings is 1. The lowest BCUT2D eigenvalue weighted by molar-refractivity contribution is 0.184. The average molecular weight is 390 g/mol. The van der Waals surface area contributed by atoms with Crippen LogP contribution in [0.15, 0.2) is 48.0 Å². The van der Waals surface area contributed by atoms with Crippen LogP contribution in [0.5, 0.6) is 5.75 Å². The maximum absolute atomic E-state index is 6.02. The predicted molar refractivity (Wildman–Crippen MR) is 110 cm³/mol. The van der Waals surface area contributed by atoms with Crippen LogP contribution in [0, 0.1) is 5.92 Å². The molecule has 1 aromatic carbocycles. The Balaban J connectivity index is 1.55. The number of imidazole rings is 1. The number of piperidine rings is 1. The third kappa shape index (κ3) is 5.16. The van der Waals surface area contributed by atoms with Gasteiger partial charge in [-0.2, -0.15) is 0 Å². The summed E-state index contributed by atoms with van der Waals surface area (Å²) in [5, 5.41) is 4.12. The second-order valence-electron chi connectivity index (χ2n) is 7.10. The van der Waals surface area contributed by atoms with Crippen molar-refractivity contribution in [2.24, 2.45) is 10.9 Å². The highest BCUT2D eigenvalue weighted by Crippen LogP contribution is 2.27. The minimum atomic E-state index is -0.00613. The molecule has 0 radical (unpaired) electrons. The van der Waals surface area contributed by atoms with E-state index in [0.29, 0.717) is 23.5 Å². The molecule has 1 aliphatic heterocycles. The molecule has 146 valence electrons. The number of rotatable bonds is 5. The summed E-state index contributed by atoms with van der Waals surface area (Å²) in [6, 6.07) is 7.88. The normalized spacial score (nSPS) is 21.8. The van der Waals surface area contributed by atoms with Crippen LogP contribution in [-0.4, -0.2) is 53.2 Å². The number of halogens is 1. The summed E-state index contributed by atoms with van der Waals surface area (Å²) in [6.07, 6.45) is 6.91. The number of aromatic nitrogens is 2. The molecule has 1 saturated heterocycles. The van der Waals surface area contributed by atoms with E-state index in [4.69, 9.17) is 16.3 Å². The third-order valence-corrected chi connectivity index (χ3v) is 5.25. The molecule has 1 aliphatic rings. The number of hydrogen-bond donors (Lipinski definition) is 1. The number of ether oxygens (including phenoxy) is 1. The van der Waals surface area contributed by atoms with Crippen LogP contribution in [-0.2, 0) is 0 Å². The number of aliphatic imine (C=N–C) groups is 1. The van der Waals surface area contributed by atoms with Gasteiger partial charge in [-0.1, -0.05) is 24.6 Å². The first-order valence-electron chi connectivity index (χ1n) is 9.42. The zero-order chi connectivity index (χ0) is 19.2. The fourth-order valence-corrected chi connectivity index (χ4v) is 3.66. The molecule has 3 unspecified atom stereocenters. The molecule has 2 heterocycles. The van der Waals surface area contributed by atoms with Gasteiger partial charge < -0.3 is 19.5 Å². The smallest absolute Gasteiger partial charge is 0.193 e. The van der Waals surface area contributed by atoms with E-state index in [0.717, 1.165) is 31.2 Å². The Hall–Kier alpha value is -2.21. The molecule has 0 bridgehead atoms. The van der Waals surface area contributed by atoms with Gasteiger partial charge in [-0.3, -0.25) is 4.99 Å². The molecule has 1 aromatic heterocycles. The van der Waals surface area contributed by atoms with E-state index in [-0.39, 0.29) is 6.10 Å². The van der Waals surface area contributed by atoms with E-state index < -0.39 is 0 Å². The van der Waals surface area contributed by atoms with Crippen LogP contribution in [0.25, 0.3) is 0 Å². The van der Waals surface area contributed by atoms with Gasteiger partial charge in [0, 0.05) is 37.6 Å². The summed E-state index contributed by atoms with van der Waals surface area (Å²) in [4.78, 5) is 11.0. The number of nitrogens with zero attached hydrogens (tertiary/aromatic N) is 4. The van der Waals surface area contributed by atoms with E-state index in [2.05, 4.69) is 31.7 Å². The molecular formula is C20H28ClN5O. The predicted octanol–water partition coefficient (Wildman–Crippen LogP) is 3.46. The van der Waals surface area contributed by atoms with Gasteiger partial charge in [0.25, 0.3) is 0 Å². The highest BCUT2D eigenvalue weighted by atomic mass is 35.5. The molecule has 2 aromatic rings. The van der Waals surface area contributed by atoms with Crippen molar-refractivity contribution in [3.63, 3.8) is 0 Å². The third-order valence-electron chi connectivity index (χ3n) is 5.02. The highest BCUT2D eigenvalue weighted by Gasteiger charge is 2.29. The van der Waals surface area contributed by atoms with Crippen molar-refractivity contribution < 1.29 is 4.74 Å². The molecule has 0 spiro atoms. The monoisotopic (exact) mass is 389 g/mol. The van der Waals surface area contributed by atoms with Gasteiger partial charge in [-0.15, -0.1) is 0 Å². The molecule has 1 N–H and O–H groups in total. The molecule has 7 heteroatoms. The Morgan fingerprint density at radius 3 is 3.04 bits per heavy atom. The van der Waals surface area contributed by atoms with Crippen LogP contribution >= 0.6 is 11.6 Å². The van der Waals surface area contributed by atoms with Crippen molar-refractivity contribution >= 4 is 17.6 Å². The topological polar surface area (TPSA) is 54.7 Å². The van der Waals surface area contributed by atoms with Crippen molar-refractivity contribution in [1.29, 1.82) is 0 Å². The van der Waals surface area contributed by atoms with Gasteiger partial charge in [0.05, 0.1) is 18.9 Å². The maximum Gasteiger partial charge on any atom is 0.193 e. The Labute approximate surface area is 166 Å². The van der Waals surface area contributed by atoms with Crippen molar-refractivity contribution in [2.75, 3.05) is 26.7 Å². The summed E-state index contributed by atoms with van der Waals surface area (Å²) < 4.78 is 8.15. The summed E-state index contributed by atoms with van der Waals surface area (Å²) in [5.41, 5.74) is 0. The fourth-order valence-electron chi connectivity index (χ4n) is 3.48. The number of hydrogen-bond acceptors (Lipinski definition) is 3. The van der Waals surface area contributed by atoms with Crippen molar-refractivity contribution in [3.05, 3.63) is 48.0 Å². The standard InChI is InChI=1S/C20H28ClN5O/c1-15-7-9-25(13-19(15)26-10-8-23-14-26)20(22-3)24-12-16(2)27-18-6-4-5-17(21)11-18/h4-6,8,10-11,14-16,19H,7,9,12-13H2,1-3H3,(H,22,24). The van der Waals surface area contributed by atoms with Crippen LogP contribution in [0.2, 0.25) is 5.02 Å². The number of guanidine groups is 1. The first-order valence-corrected chi connectivity index (χ1v) is 9.80. The Kier molecular flexibility index (Phi) is 6.61. The molecule has 0 saturated carbocycles. The molecule has 0 aliphatic carbocycles. The van der Waals surface area contributed by atoms with Crippen LogP contribution in [0.3, 0.4) is 0 Å². The number of nitrogens with one attached hydrogen (secondary N) is 1. The Morgan fingerprint density at radius 1 is 1.48 bits per heavy atom. The molecule has 6 nitrogen and oxygen atoms in total. The van der Waals surface area contributed by atoms with Gasteiger partial charge in [0.2, 0.25) is 0 Å². The van der Waals surface area contributed by atoms with Crippen molar-refractivity contribution in [1.82, 2.24) is 19.8 Å². The zero-order valence-electron chi connectivity index (χ0n) is 16.2. The summed E-state index contributed by atoms with van der Waals surface area (Å²) in [6.45, 7) is 6.92. The summed E-state index contributed by atoms with van der Waals surface area (Å²) >= 11 is 6.02. The lowest BCUT2D eigenvalue weighted by Crippen LogP contribution is -2.50. The van der Waals surface area contributed by atoms with Gasteiger partial charge in [0.1, 0.15) is 11.9 Å². The summed E-state index contributed by atoms with van der Waals surface area (Å²) in [5.74, 6) is 2.30. The van der Waals surface area contributed by atoms with E-state index >= 15 is 0 Å². The second kappa shape index (κ2) is 9.13. The largest absolute Gasteiger partial charge is 0.489 e. The molecule has 3 rings (SSSR count). The molecule has 0 amide bonds. The van der Waals surface area contributed by atoms with Crippen LogP contribution < -0.4 is 10.1 Å². The van der Waals surface area contributed by atoms with Gasteiger partial charge in [-0.05, 0) is 37.5 Å². The Morgan fingerprint density at radius 2 is 2.33 bits per heavy atom. The summed E-state index contributed by atoms with van der Waals surface area (Å²) in [7, 11) is 1.83. The quantitative estimate of drug-likeness (QED) is 0.628. The van der Waals surface area contributed by atoms with Crippen LogP contribution in [0.4, 0.5) is 0 Å². The van der Waals surface area contributed by atoms with Gasteiger partial charge in [0.15, 0.2) is 5.96 Å². The first kappa shape index (κ1) is 19.5. The molecule has 3 atom stereocenters. The maximum atomic E-state index is 6.02.